The Morgan fingerprint density at radius 1 is 1.22 bits per heavy atom. The zero-order chi connectivity index (χ0) is 15.9. The lowest BCUT2D eigenvalue weighted by atomic mass is 10.3. The third-order valence-corrected chi connectivity index (χ3v) is 4.76. The minimum atomic E-state index is 0.436. The molecule has 0 bridgehead atoms. The van der Waals surface area contributed by atoms with Crippen LogP contribution < -0.4 is 20.5 Å². The zero-order valence-corrected chi connectivity index (χ0v) is 14.1. The number of guanidine groups is 1. The van der Waals surface area contributed by atoms with Gasteiger partial charge in [0.25, 0.3) is 0 Å². The Bertz CT molecular complexity index is 547. The third kappa shape index (κ3) is 4.94. The Kier molecular flexibility index (Phi) is 5.87. The lowest BCUT2D eigenvalue weighted by Gasteiger charge is -2.25. The van der Waals surface area contributed by atoms with Crippen LogP contribution >= 0.6 is 11.8 Å². The molecule has 3 N–H and O–H groups in total. The average Bonchev–Trinajstić information content (AvgIpc) is 2.81. The summed E-state index contributed by atoms with van der Waals surface area (Å²) in [7, 11) is 0. The number of hydrogen-bond donors (Lipinski definition) is 2. The van der Waals surface area contributed by atoms with Crippen LogP contribution in [0.15, 0.2) is 23.2 Å². The van der Waals surface area contributed by atoms with Crippen molar-refractivity contribution in [1.82, 2.24) is 4.90 Å². The first-order valence-electron chi connectivity index (χ1n) is 8.08. The van der Waals surface area contributed by atoms with E-state index < -0.39 is 0 Å². The van der Waals surface area contributed by atoms with E-state index in [-0.39, 0.29) is 0 Å². The molecule has 1 fully saturated rings. The molecule has 0 radical (unpaired) electrons. The second-order valence-electron chi connectivity index (χ2n) is 5.56. The summed E-state index contributed by atoms with van der Waals surface area (Å²) >= 11 is 2.02. The lowest BCUT2D eigenvalue weighted by Crippen LogP contribution is -2.35. The van der Waals surface area contributed by atoms with Crippen LogP contribution in [0.4, 0.5) is 5.69 Å². The summed E-state index contributed by atoms with van der Waals surface area (Å²) in [5.74, 6) is 4.41. The summed E-state index contributed by atoms with van der Waals surface area (Å²) in [6, 6.07) is 5.74. The molecule has 0 unspecified atom stereocenters. The van der Waals surface area contributed by atoms with Crippen molar-refractivity contribution >= 4 is 23.4 Å². The SMILES string of the molecule is NC(=NCCN1CCSCC1)Nc1ccc2c(c1)OCCCO2. The van der Waals surface area contributed by atoms with E-state index in [1.165, 1.54) is 11.5 Å². The number of ether oxygens (including phenoxy) is 2. The fourth-order valence-corrected chi connectivity index (χ4v) is 3.54. The molecule has 126 valence electrons. The van der Waals surface area contributed by atoms with Crippen LogP contribution in [-0.2, 0) is 0 Å². The van der Waals surface area contributed by atoms with Gasteiger partial charge in [0.1, 0.15) is 0 Å². The molecule has 2 aliphatic heterocycles. The van der Waals surface area contributed by atoms with Crippen LogP contribution in [-0.4, -0.2) is 61.8 Å². The van der Waals surface area contributed by atoms with E-state index in [0.29, 0.717) is 25.7 Å². The Morgan fingerprint density at radius 3 is 2.83 bits per heavy atom. The van der Waals surface area contributed by atoms with Crippen LogP contribution in [0, 0.1) is 0 Å². The molecule has 2 heterocycles. The molecule has 0 aromatic heterocycles. The zero-order valence-electron chi connectivity index (χ0n) is 13.3. The number of benzene rings is 1. The summed E-state index contributed by atoms with van der Waals surface area (Å²) in [4.78, 5) is 6.84. The van der Waals surface area contributed by atoms with Gasteiger partial charge in [0, 0.05) is 49.3 Å². The van der Waals surface area contributed by atoms with Crippen molar-refractivity contribution in [1.29, 1.82) is 0 Å². The molecule has 0 spiro atoms. The van der Waals surface area contributed by atoms with Crippen molar-refractivity contribution in [2.45, 2.75) is 6.42 Å². The number of aliphatic imine (C=N–C) groups is 1. The molecule has 1 saturated heterocycles. The van der Waals surface area contributed by atoms with Gasteiger partial charge in [-0.25, -0.2) is 0 Å². The van der Waals surface area contributed by atoms with Crippen molar-refractivity contribution in [3.8, 4) is 11.5 Å². The highest BCUT2D eigenvalue weighted by molar-refractivity contribution is 7.99. The first-order chi connectivity index (χ1) is 11.3. The predicted octanol–water partition coefficient (Wildman–Crippen LogP) is 1.62. The minimum Gasteiger partial charge on any atom is -0.490 e. The van der Waals surface area contributed by atoms with Gasteiger partial charge in [-0.2, -0.15) is 11.8 Å². The van der Waals surface area contributed by atoms with Crippen molar-refractivity contribution < 1.29 is 9.47 Å². The van der Waals surface area contributed by atoms with Crippen molar-refractivity contribution in [2.75, 3.05) is 56.2 Å². The van der Waals surface area contributed by atoms with Gasteiger partial charge >= 0.3 is 0 Å². The summed E-state index contributed by atoms with van der Waals surface area (Å²) < 4.78 is 11.3. The van der Waals surface area contributed by atoms with Gasteiger partial charge in [0.2, 0.25) is 0 Å². The van der Waals surface area contributed by atoms with Gasteiger partial charge in [0.15, 0.2) is 17.5 Å². The van der Waals surface area contributed by atoms with Gasteiger partial charge in [-0.15, -0.1) is 0 Å². The first kappa shape index (κ1) is 16.3. The number of rotatable bonds is 4. The highest BCUT2D eigenvalue weighted by Gasteiger charge is 2.11. The fourth-order valence-electron chi connectivity index (χ4n) is 2.57. The Hall–Kier alpha value is -1.60. The molecule has 0 atom stereocenters. The smallest absolute Gasteiger partial charge is 0.193 e. The van der Waals surface area contributed by atoms with Crippen LogP contribution in [0.25, 0.3) is 0 Å². The number of nitrogens with zero attached hydrogens (tertiary/aromatic N) is 2. The fraction of sp³-hybridized carbons (Fsp3) is 0.562. The number of nitrogens with two attached hydrogens (primary N) is 1. The standard InChI is InChI=1S/C16H24N4O2S/c17-16(18-4-5-20-6-10-23-11-7-20)19-13-2-3-14-15(12-13)22-9-1-8-21-14/h2-3,12H,1,4-11H2,(H3,17,18,19). The molecular weight excluding hydrogens is 312 g/mol. The van der Waals surface area contributed by atoms with Gasteiger partial charge in [0.05, 0.1) is 19.8 Å². The molecule has 2 aliphatic rings. The molecular formula is C16H24N4O2S. The maximum atomic E-state index is 5.97. The van der Waals surface area contributed by atoms with E-state index in [4.69, 9.17) is 15.2 Å². The molecule has 0 amide bonds. The maximum absolute atomic E-state index is 5.97. The highest BCUT2D eigenvalue weighted by atomic mass is 32.2. The normalized spacial score (nSPS) is 19.2. The van der Waals surface area contributed by atoms with E-state index >= 15 is 0 Å². The molecule has 3 rings (SSSR count). The van der Waals surface area contributed by atoms with E-state index in [2.05, 4.69) is 15.2 Å². The van der Waals surface area contributed by atoms with Crippen LogP contribution in [0.1, 0.15) is 6.42 Å². The maximum Gasteiger partial charge on any atom is 0.193 e. The molecule has 1 aromatic rings. The Morgan fingerprint density at radius 2 is 2.00 bits per heavy atom. The van der Waals surface area contributed by atoms with Crippen LogP contribution in [0.3, 0.4) is 0 Å². The number of fused-ring (bicyclic) bond motifs is 1. The van der Waals surface area contributed by atoms with Gasteiger partial charge in [-0.05, 0) is 12.1 Å². The third-order valence-electron chi connectivity index (χ3n) is 3.82. The number of nitrogens with one attached hydrogen (secondary N) is 1. The molecule has 1 aromatic carbocycles. The van der Waals surface area contributed by atoms with Crippen LogP contribution in [0.5, 0.6) is 11.5 Å². The second-order valence-corrected chi connectivity index (χ2v) is 6.78. The molecule has 23 heavy (non-hydrogen) atoms. The molecule has 0 saturated carbocycles. The second kappa shape index (κ2) is 8.31. The summed E-state index contributed by atoms with van der Waals surface area (Å²) in [6.07, 6.45) is 0.899. The predicted molar refractivity (Wildman–Crippen MR) is 95.9 cm³/mol. The van der Waals surface area contributed by atoms with Crippen molar-refractivity contribution in [3.05, 3.63) is 18.2 Å². The van der Waals surface area contributed by atoms with E-state index in [9.17, 15) is 0 Å². The summed E-state index contributed by atoms with van der Waals surface area (Å²) in [5, 5.41) is 3.12. The summed E-state index contributed by atoms with van der Waals surface area (Å²) in [5.41, 5.74) is 6.84. The molecule has 7 heteroatoms. The van der Waals surface area contributed by atoms with Gasteiger partial charge in [-0.3, -0.25) is 9.89 Å². The van der Waals surface area contributed by atoms with Gasteiger partial charge in [-0.1, -0.05) is 0 Å². The largest absolute Gasteiger partial charge is 0.490 e. The van der Waals surface area contributed by atoms with E-state index in [0.717, 1.165) is 43.2 Å². The topological polar surface area (TPSA) is 72.1 Å². The number of hydrogen-bond acceptors (Lipinski definition) is 5. The minimum absolute atomic E-state index is 0.436. The summed E-state index contributed by atoms with van der Waals surface area (Å²) in [6.45, 7) is 5.34. The van der Waals surface area contributed by atoms with E-state index in [1.54, 1.807) is 0 Å². The Labute approximate surface area is 141 Å². The average molecular weight is 336 g/mol. The van der Waals surface area contributed by atoms with Gasteiger partial charge < -0.3 is 20.5 Å². The Balaban J connectivity index is 1.51. The van der Waals surface area contributed by atoms with Crippen molar-refractivity contribution in [3.63, 3.8) is 0 Å². The molecule has 0 aliphatic carbocycles. The quantitative estimate of drug-likeness (QED) is 0.643. The number of thioether (sulfide) groups is 1. The van der Waals surface area contributed by atoms with E-state index in [1.807, 2.05) is 30.0 Å². The van der Waals surface area contributed by atoms with Crippen molar-refractivity contribution in [2.24, 2.45) is 10.7 Å². The lowest BCUT2D eigenvalue weighted by molar-refractivity contribution is 0.297. The number of anilines is 1. The monoisotopic (exact) mass is 336 g/mol. The van der Waals surface area contributed by atoms with Crippen LogP contribution in [0.2, 0.25) is 0 Å². The first-order valence-corrected chi connectivity index (χ1v) is 9.23. The molecule has 6 nitrogen and oxygen atoms in total. The highest BCUT2D eigenvalue weighted by Crippen LogP contribution is 2.32.